The van der Waals surface area contributed by atoms with Gasteiger partial charge in [-0.15, -0.1) is 11.3 Å². The van der Waals surface area contributed by atoms with Crippen LogP contribution in [0, 0.1) is 5.92 Å². The van der Waals surface area contributed by atoms with Crippen molar-refractivity contribution in [3.63, 3.8) is 0 Å². The highest BCUT2D eigenvalue weighted by atomic mass is 32.1. The van der Waals surface area contributed by atoms with Crippen LogP contribution in [-0.2, 0) is 6.42 Å². The van der Waals surface area contributed by atoms with E-state index in [9.17, 15) is 9.59 Å². The Balaban J connectivity index is 1.91. The number of benzene rings is 2. The van der Waals surface area contributed by atoms with E-state index in [4.69, 9.17) is 4.74 Å². The minimum Gasteiger partial charge on any atom is -0.495 e. The van der Waals surface area contributed by atoms with E-state index in [1.54, 1.807) is 31.4 Å². The third-order valence-corrected chi connectivity index (χ3v) is 5.28. The number of hydrogen-bond donors (Lipinski definition) is 2. The molecule has 2 aromatic carbocycles. The lowest BCUT2D eigenvalue weighted by molar-refractivity contribution is 0.102. The Labute approximate surface area is 174 Å². The summed E-state index contributed by atoms with van der Waals surface area (Å²) in [6.07, 6.45) is 0.742. The van der Waals surface area contributed by atoms with E-state index in [0.29, 0.717) is 33.5 Å². The second-order valence-corrected chi connectivity index (χ2v) is 7.92. The highest BCUT2D eigenvalue weighted by Gasteiger charge is 2.22. The van der Waals surface area contributed by atoms with Crippen LogP contribution in [0.3, 0.4) is 0 Å². The van der Waals surface area contributed by atoms with Gasteiger partial charge in [0.2, 0.25) is 0 Å². The summed E-state index contributed by atoms with van der Waals surface area (Å²) in [6.45, 7) is 4.20. The van der Waals surface area contributed by atoms with Crippen molar-refractivity contribution in [3.8, 4) is 5.75 Å². The molecule has 3 aromatic rings. The van der Waals surface area contributed by atoms with Crippen molar-refractivity contribution in [2.75, 3.05) is 17.7 Å². The third-order valence-electron chi connectivity index (χ3n) is 4.34. The van der Waals surface area contributed by atoms with Gasteiger partial charge in [0.15, 0.2) is 0 Å². The Bertz CT molecular complexity index is 996. The van der Waals surface area contributed by atoms with Crippen LogP contribution in [-0.4, -0.2) is 18.9 Å². The van der Waals surface area contributed by atoms with Crippen molar-refractivity contribution in [1.29, 1.82) is 0 Å². The quantitative estimate of drug-likeness (QED) is 0.545. The fourth-order valence-electron chi connectivity index (χ4n) is 3.02. The van der Waals surface area contributed by atoms with Gasteiger partial charge in [-0.3, -0.25) is 9.59 Å². The summed E-state index contributed by atoms with van der Waals surface area (Å²) in [4.78, 5) is 25.8. The molecule has 5 nitrogen and oxygen atoms in total. The van der Waals surface area contributed by atoms with Crippen molar-refractivity contribution in [3.05, 3.63) is 76.7 Å². The Kier molecular flexibility index (Phi) is 6.67. The Hall–Kier alpha value is -3.12. The normalized spacial score (nSPS) is 10.6. The molecule has 0 atom stereocenters. The molecule has 3 rings (SSSR count). The average molecular weight is 409 g/mol. The van der Waals surface area contributed by atoms with E-state index in [1.807, 2.05) is 35.7 Å². The second-order valence-electron chi connectivity index (χ2n) is 7.04. The number of anilines is 2. The predicted molar refractivity (Wildman–Crippen MR) is 118 cm³/mol. The third kappa shape index (κ3) is 5.03. The summed E-state index contributed by atoms with van der Waals surface area (Å²) in [7, 11) is 1.56. The minimum atomic E-state index is -0.269. The molecule has 6 heteroatoms. The number of thiophene rings is 1. The highest BCUT2D eigenvalue weighted by molar-refractivity contribution is 7.15. The zero-order valence-corrected chi connectivity index (χ0v) is 17.5. The van der Waals surface area contributed by atoms with Gasteiger partial charge in [-0.05, 0) is 47.5 Å². The van der Waals surface area contributed by atoms with E-state index in [0.717, 1.165) is 12.0 Å². The average Bonchev–Trinajstić information content (AvgIpc) is 3.10. The summed E-state index contributed by atoms with van der Waals surface area (Å²) in [6, 6.07) is 16.2. The molecule has 1 heterocycles. The van der Waals surface area contributed by atoms with Crippen LogP contribution in [0.15, 0.2) is 60.0 Å². The lowest BCUT2D eigenvalue weighted by Gasteiger charge is -2.13. The first-order valence-electron chi connectivity index (χ1n) is 9.40. The fraction of sp³-hybridized carbons (Fsp3) is 0.217. The number of ether oxygens (including phenoxy) is 1. The van der Waals surface area contributed by atoms with Crippen molar-refractivity contribution in [2.45, 2.75) is 20.3 Å². The maximum Gasteiger partial charge on any atom is 0.259 e. The van der Waals surface area contributed by atoms with Crippen LogP contribution in [0.4, 0.5) is 10.7 Å². The Morgan fingerprint density at radius 2 is 1.66 bits per heavy atom. The summed E-state index contributed by atoms with van der Waals surface area (Å²) in [5, 5.41) is 8.31. The van der Waals surface area contributed by atoms with Gasteiger partial charge in [-0.1, -0.05) is 44.2 Å². The SMILES string of the molecule is COc1ccccc1NC(=O)c1c(CC(C)C)csc1NC(=O)c1ccccc1. The standard InChI is InChI=1S/C23H24N2O3S/c1-15(2)13-17-14-29-23(25-21(26)16-9-5-4-6-10-16)20(17)22(27)24-18-11-7-8-12-19(18)28-3/h4-12,14-15H,13H2,1-3H3,(H,24,27)(H,25,26). The van der Waals surface area contributed by atoms with E-state index < -0.39 is 0 Å². The molecule has 150 valence electrons. The van der Waals surface area contributed by atoms with Gasteiger partial charge >= 0.3 is 0 Å². The molecule has 29 heavy (non-hydrogen) atoms. The Morgan fingerprint density at radius 1 is 0.966 bits per heavy atom. The van der Waals surface area contributed by atoms with Crippen LogP contribution < -0.4 is 15.4 Å². The van der Waals surface area contributed by atoms with Gasteiger partial charge < -0.3 is 15.4 Å². The molecule has 0 radical (unpaired) electrons. The first-order valence-corrected chi connectivity index (χ1v) is 10.3. The molecule has 0 spiro atoms. The highest BCUT2D eigenvalue weighted by Crippen LogP contribution is 2.32. The first kappa shape index (κ1) is 20.6. The maximum absolute atomic E-state index is 13.2. The number of amides is 2. The number of methoxy groups -OCH3 is 1. The van der Waals surface area contributed by atoms with Crippen LogP contribution >= 0.6 is 11.3 Å². The molecular formula is C23H24N2O3S. The van der Waals surface area contributed by atoms with Crippen LogP contribution in [0.2, 0.25) is 0 Å². The number of hydrogen-bond acceptors (Lipinski definition) is 4. The number of nitrogens with one attached hydrogen (secondary N) is 2. The van der Waals surface area contributed by atoms with E-state index in [-0.39, 0.29) is 11.8 Å². The summed E-state index contributed by atoms with van der Waals surface area (Å²) >= 11 is 1.37. The van der Waals surface area contributed by atoms with Crippen molar-refractivity contribution >= 4 is 33.8 Å². The van der Waals surface area contributed by atoms with Gasteiger partial charge in [0.05, 0.1) is 18.4 Å². The molecule has 0 aliphatic carbocycles. The zero-order chi connectivity index (χ0) is 20.8. The zero-order valence-electron chi connectivity index (χ0n) is 16.7. The number of rotatable bonds is 7. The fourth-order valence-corrected chi connectivity index (χ4v) is 3.99. The number of carbonyl (C=O) groups excluding carboxylic acids is 2. The summed E-state index contributed by atoms with van der Waals surface area (Å²) < 4.78 is 5.33. The monoisotopic (exact) mass is 408 g/mol. The number of carbonyl (C=O) groups is 2. The molecule has 0 aliphatic heterocycles. The van der Waals surface area contributed by atoms with Crippen LogP contribution in [0.1, 0.15) is 40.1 Å². The molecule has 0 unspecified atom stereocenters. The molecule has 2 amide bonds. The molecule has 0 saturated heterocycles. The first-order chi connectivity index (χ1) is 14.0. The molecule has 1 aromatic heterocycles. The molecule has 0 fully saturated rings. The van der Waals surface area contributed by atoms with E-state index in [1.165, 1.54) is 11.3 Å². The van der Waals surface area contributed by atoms with E-state index >= 15 is 0 Å². The predicted octanol–water partition coefficient (Wildman–Crippen LogP) is 5.46. The second kappa shape index (κ2) is 9.39. The van der Waals surface area contributed by atoms with Gasteiger partial charge in [-0.25, -0.2) is 0 Å². The van der Waals surface area contributed by atoms with E-state index in [2.05, 4.69) is 24.5 Å². The Morgan fingerprint density at radius 3 is 2.34 bits per heavy atom. The lowest BCUT2D eigenvalue weighted by atomic mass is 10.0. The maximum atomic E-state index is 13.2. The molecule has 0 bridgehead atoms. The van der Waals surface area contributed by atoms with Crippen molar-refractivity contribution in [1.82, 2.24) is 0 Å². The van der Waals surface area contributed by atoms with Crippen LogP contribution in [0.25, 0.3) is 0 Å². The molecular weight excluding hydrogens is 384 g/mol. The van der Waals surface area contributed by atoms with Crippen molar-refractivity contribution in [2.24, 2.45) is 5.92 Å². The van der Waals surface area contributed by atoms with Gasteiger partial charge in [0, 0.05) is 5.56 Å². The topological polar surface area (TPSA) is 67.4 Å². The smallest absolute Gasteiger partial charge is 0.259 e. The van der Waals surface area contributed by atoms with Gasteiger partial charge in [0.1, 0.15) is 10.8 Å². The number of para-hydroxylation sites is 2. The molecule has 0 saturated carbocycles. The largest absolute Gasteiger partial charge is 0.495 e. The lowest BCUT2D eigenvalue weighted by Crippen LogP contribution is -2.18. The summed E-state index contributed by atoms with van der Waals surface area (Å²) in [5.41, 5.74) is 2.55. The molecule has 2 N–H and O–H groups in total. The van der Waals surface area contributed by atoms with Crippen LogP contribution in [0.5, 0.6) is 5.75 Å². The van der Waals surface area contributed by atoms with Gasteiger partial charge in [-0.2, -0.15) is 0 Å². The van der Waals surface area contributed by atoms with Gasteiger partial charge in [0.25, 0.3) is 11.8 Å². The van der Waals surface area contributed by atoms with Crippen molar-refractivity contribution < 1.29 is 14.3 Å². The summed E-state index contributed by atoms with van der Waals surface area (Å²) in [5.74, 6) is 0.445. The minimum absolute atomic E-state index is 0.241. The molecule has 0 aliphatic rings.